The number of aliphatic hydroxyl groups is 1. The van der Waals surface area contributed by atoms with E-state index in [1.165, 1.54) is 23.9 Å². The highest BCUT2D eigenvalue weighted by Crippen LogP contribution is 2.33. The number of rotatable bonds is 7. The molecule has 2 aromatic heterocycles. The first kappa shape index (κ1) is 23.7. The molecule has 0 atom stereocenters. The molecule has 0 aliphatic heterocycles. The van der Waals surface area contributed by atoms with Crippen LogP contribution in [0.3, 0.4) is 0 Å². The number of benzene rings is 2. The molecule has 0 bridgehead atoms. The minimum atomic E-state index is -0.932. The molecule has 0 aliphatic carbocycles. The van der Waals surface area contributed by atoms with Crippen molar-refractivity contribution in [3.63, 3.8) is 0 Å². The van der Waals surface area contributed by atoms with Gasteiger partial charge in [0.15, 0.2) is 5.65 Å². The summed E-state index contributed by atoms with van der Waals surface area (Å²) in [5, 5.41) is 19.0. The van der Waals surface area contributed by atoms with Gasteiger partial charge in [-0.2, -0.15) is 5.10 Å². The summed E-state index contributed by atoms with van der Waals surface area (Å²) in [5.41, 5.74) is 9.41. The van der Waals surface area contributed by atoms with Crippen molar-refractivity contribution in [1.82, 2.24) is 14.6 Å². The van der Waals surface area contributed by atoms with E-state index in [1.807, 2.05) is 32.0 Å². The SMILES string of the molecule is Cc1cc(F)ccc1Sc1cc(NCC(C)(C)O)c2ncc(-c3ccc(C(N)=O)c(C)c3)n2n1. The summed E-state index contributed by atoms with van der Waals surface area (Å²) in [4.78, 5) is 17.1. The molecule has 0 spiro atoms. The first-order chi connectivity index (χ1) is 16.0. The Hall–Kier alpha value is -3.43. The van der Waals surface area contributed by atoms with Gasteiger partial charge in [-0.15, -0.1) is 0 Å². The van der Waals surface area contributed by atoms with Crippen molar-refractivity contribution in [2.75, 3.05) is 11.9 Å². The number of hydrogen-bond donors (Lipinski definition) is 3. The van der Waals surface area contributed by atoms with Crippen LogP contribution in [-0.4, -0.2) is 37.8 Å². The lowest BCUT2D eigenvalue weighted by molar-refractivity contribution is 0.0944. The van der Waals surface area contributed by atoms with Gasteiger partial charge in [0.25, 0.3) is 0 Å². The molecule has 1 amide bonds. The number of halogens is 1. The van der Waals surface area contributed by atoms with Crippen LogP contribution in [0.4, 0.5) is 10.1 Å². The maximum Gasteiger partial charge on any atom is 0.248 e. The van der Waals surface area contributed by atoms with Gasteiger partial charge in [-0.05, 0) is 75.2 Å². The molecule has 0 radical (unpaired) electrons. The third kappa shape index (κ3) is 5.05. The molecule has 0 saturated heterocycles. The van der Waals surface area contributed by atoms with Crippen molar-refractivity contribution < 1.29 is 14.3 Å². The van der Waals surface area contributed by atoms with Gasteiger partial charge in [0.05, 0.1) is 23.2 Å². The fourth-order valence-corrected chi connectivity index (χ4v) is 4.45. The minimum Gasteiger partial charge on any atom is -0.389 e. The van der Waals surface area contributed by atoms with Crippen LogP contribution in [0.5, 0.6) is 0 Å². The first-order valence-corrected chi connectivity index (χ1v) is 11.5. The Balaban J connectivity index is 1.83. The smallest absolute Gasteiger partial charge is 0.248 e. The number of amides is 1. The monoisotopic (exact) mass is 479 g/mol. The number of nitrogens with one attached hydrogen (secondary N) is 1. The molecule has 7 nitrogen and oxygen atoms in total. The van der Waals surface area contributed by atoms with Gasteiger partial charge in [0.1, 0.15) is 10.8 Å². The third-order valence-electron chi connectivity index (χ3n) is 5.30. The number of carbonyl (C=O) groups is 1. The summed E-state index contributed by atoms with van der Waals surface area (Å²) < 4.78 is 15.3. The Kier molecular flexibility index (Phi) is 6.33. The third-order valence-corrected chi connectivity index (χ3v) is 6.38. The van der Waals surface area contributed by atoms with E-state index in [2.05, 4.69) is 10.3 Å². The maximum absolute atomic E-state index is 13.6. The Labute approximate surface area is 201 Å². The van der Waals surface area contributed by atoms with Crippen LogP contribution in [0.2, 0.25) is 0 Å². The molecule has 2 heterocycles. The fourth-order valence-electron chi connectivity index (χ4n) is 3.57. The number of nitrogens with two attached hydrogens (primary N) is 1. The highest BCUT2D eigenvalue weighted by Gasteiger charge is 2.18. The fraction of sp³-hybridized carbons (Fsp3) is 0.240. The number of aryl methyl sites for hydroxylation is 2. The van der Waals surface area contributed by atoms with Crippen LogP contribution in [0.15, 0.2) is 58.6 Å². The van der Waals surface area contributed by atoms with E-state index in [0.29, 0.717) is 28.5 Å². The topological polar surface area (TPSA) is 106 Å². The molecular weight excluding hydrogens is 453 g/mol. The Morgan fingerprint density at radius 1 is 1.18 bits per heavy atom. The predicted octanol–water partition coefficient (Wildman–Crippen LogP) is 4.59. The van der Waals surface area contributed by atoms with Crippen LogP contribution in [-0.2, 0) is 0 Å². The number of imidazole rings is 1. The van der Waals surface area contributed by atoms with Gasteiger partial charge in [-0.25, -0.2) is 13.9 Å². The van der Waals surface area contributed by atoms with Crippen LogP contribution in [0.25, 0.3) is 16.9 Å². The lowest BCUT2D eigenvalue weighted by Crippen LogP contribution is -2.29. The number of aromatic nitrogens is 3. The average molecular weight is 480 g/mol. The molecule has 176 valence electrons. The molecule has 4 aromatic rings. The zero-order valence-electron chi connectivity index (χ0n) is 19.4. The van der Waals surface area contributed by atoms with E-state index in [0.717, 1.165) is 27.3 Å². The number of nitrogens with zero attached hydrogens (tertiary/aromatic N) is 3. The number of hydrogen-bond acceptors (Lipinski definition) is 6. The van der Waals surface area contributed by atoms with Crippen LogP contribution in [0, 0.1) is 19.7 Å². The lowest BCUT2D eigenvalue weighted by Gasteiger charge is -2.19. The second kappa shape index (κ2) is 9.08. The van der Waals surface area contributed by atoms with Gasteiger partial charge < -0.3 is 16.2 Å². The molecule has 4 N–H and O–H groups in total. The first-order valence-electron chi connectivity index (χ1n) is 10.7. The van der Waals surface area contributed by atoms with Crippen LogP contribution < -0.4 is 11.1 Å². The van der Waals surface area contributed by atoms with Gasteiger partial charge in [0.2, 0.25) is 5.91 Å². The van der Waals surface area contributed by atoms with Gasteiger partial charge in [-0.1, -0.05) is 17.8 Å². The zero-order valence-corrected chi connectivity index (χ0v) is 20.2. The van der Waals surface area contributed by atoms with Crippen molar-refractivity contribution in [2.24, 2.45) is 5.73 Å². The molecular formula is C25H26FN5O2S. The van der Waals surface area contributed by atoms with Gasteiger partial charge in [-0.3, -0.25) is 4.79 Å². The van der Waals surface area contributed by atoms with E-state index >= 15 is 0 Å². The highest BCUT2D eigenvalue weighted by atomic mass is 32.2. The molecule has 0 saturated carbocycles. The Bertz CT molecular complexity index is 1390. The van der Waals surface area contributed by atoms with Crippen molar-refractivity contribution in [2.45, 2.75) is 43.2 Å². The summed E-state index contributed by atoms with van der Waals surface area (Å²) in [6, 6.07) is 11.9. The standard InChI is InChI=1S/C25H26FN5O2S/c1-14-9-16(5-7-18(14)23(27)32)20-12-28-24-19(29-13-25(3,4)33)11-22(30-31(20)24)34-21-8-6-17(26)10-15(21)2/h5-12,29,33H,13H2,1-4H3,(H2,27,32). The summed E-state index contributed by atoms with van der Waals surface area (Å²) in [5.74, 6) is -0.767. The normalized spacial score (nSPS) is 11.7. The van der Waals surface area contributed by atoms with Crippen molar-refractivity contribution in [1.29, 1.82) is 0 Å². The number of anilines is 1. The number of fused-ring (bicyclic) bond motifs is 1. The second-order valence-corrected chi connectivity index (χ2v) is 9.91. The largest absolute Gasteiger partial charge is 0.389 e. The van der Waals surface area contributed by atoms with E-state index in [-0.39, 0.29) is 5.82 Å². The van der Waals surface area contributed by atoms with Gasteiger partial charge in [0, 0.05) is 22.6 Å². The molecule has 0 unspecified atom stereocenters. The number of primary amides is 1. The van der Waals surface area contributed by atoms with Crippen LogP contribution in [0.1, 0.15) is 35.3 Å². The molecule has 0 fully saturated rings. The molecule has 9 heteroatoms. The summed E-state index contributed by atoms with van der Waals surface area (Å²) in [6.45, 7) is 7.42. The summed E-state index contributed by atoms with van der Waals surface area (Å²) in [6.07, 6.45) is 1.72. The van der Waals surface area contributed by atoms with Crippen LogP contribution >= 0.6 is 11.8 Å². The second-order valence-electron chi connectivity index (χ2n) is 8.85. The lowest BCUT2D eigenvalue weighted by atomic mass is 10.0. The molecule has 4 rings (SSSR count). The number of carbonyl (C=O) groups excluding carboxylic acids is 1. The predicted molar refractivity (Wildman–Crippen MR) is 132 cm³/mol. The molecule has 2 aromatic carbocycles. The average Bonchev–Trinajstić information content (AvgIpc) is 3.17. The molecule has 34 heavy (non-hydrogen) atoms. The van der Waals surface area contributed by atoms with Gasteiger partial charge >= 0.3 is 0 Å². The summed E-state index contributed by atoms with van der Waals surface area (Å²) in [7, 11) is 0. The molecule has 0 aliphatic rings. The quantitative estimate of drug-likeness (QED) is 0.358. The highest BCUT2D eigenvalue weighted by molar-refractivity contribution is 7.99. The Morgan fingerprint density at radius 2 is 1.94 bits per heavy atom. The Morgan fingerprint density at radius 3 is 2.59 bits per heavy atom. The van der Waals surface area contributed by atoms with E-state index in [4.69, 9.17) is 10.8 Å². The minimum absolute atomic E-state index is 0.288. The van der Waals surface area contributed by atoms with E-state index in [9.17, 15) is 14.3 Å². The van der Waals surface area contributed by atoms with E-state index < -0.39 is 11.5 Å². The maximum atomic E-state index is 13.6. The zero-order chi connectivity index (χ0) is 24.6. The van der Waals surface area contributed by atoms with Crippen molar-refractivity contribution in [3.8, 4) is 11.3 Å². The van der Waals surface area contributed by atoms with Crippen molar-refractivity contribution in [3.05, 3.63) is 71.2 Å². The summed E-state index contributed by atoms with van der Waals surface area (Å²) >= 11 is 1.41. The van der Waals surface area contributed by atoms with Crippen molar-refractivity contribution >= 4 is 29.0 Å². The van der Waals surface area contributed by atoms with E-state index in [1.54, 1.807) is 36.7 Å².